The third-order valence-corrected chi connectivity index (χ3v) is 3.83. The van der Waals surface area contributed by atoms with Crippen LogP contribution in [-0.2, 0) is 9.59 Å². The third-order valence-electron chi connectivity index (χ3n) is 3.54. The molecule has 0 bridgehead atoms. The van der Waals surface area contributed by atoms with Gasteiger partial charge in [-0.1, -0.05) is 17.7 Å². The van der Waals surface area contributed by atoms with Gasteiger partial charge in [0.05, 0.1) is 20.9 Å². The summed E-state index contributed by atoms with van der Waals surface area (Å²) < 4.78 is 5.43. The topological polar surface area (TPSA) is 127 Å². The number of hydrogen-bond acceptors (Lipinski definition) is 5. The van der Waals surface area contributed by atoms with Gasteiger partial charge in [-0.3, -0.25) is 14.9 Å². The highest BCUT2D eigenvalue weighted by molar-refractivity contribution is 6.32. The lowest BCUT2D eigenvalue weighted by molar-refractivity contribution is -0.384. The summed E-state index contributed by atoms with van der Waals surface area (Å²) in [5, 5.41) is 29.1. The first-order valence-corrected chi connectivity index (χ1v) is 7.03. The van der Waals surface area contributed by atoms with Crippen LogP contribution in [0.2, 0.25) is 5.02 Å². The Morgan fingerprint density at radius 3 is 2.54 bits per heavy atom. The number of ether oxygens (including phenoxy) is 1. The van der Waals surface area contributed by atoms with E-state index in [-0.39, 0.29) is 34.2 Å². The maximum atomic E-state index is 11.4. The minimum atomic E-state index is -1.36. The van der Waals surface area contributed by atoms with Crippen LogP contribution in [0.25, 0.3) is 0 Å². The van der Waals surface area contributed by atoms with Crippen molar-refractivity contribution < 1.29 is 29.5 Å². The van der Waals surface area contributed by atoms with Gasteiger partial charge in [0.1, 0.15) is 11.5 Å². The Labute approximate surface area is 140 Å². The maximum Gasteiger partial charge on any atom is 0.335 e. The Bertz CT molecular complexity index is 799. The Balaban J connectivity index is 2.37. The Hall–Kier alpha value is -2.87. The van der Waals surface area contributed by atoms with E-state index in [2.05, 4.69) is 0 Å². The molecule has 0 aromatic heterocycles. The number of nitro benzene ring substituents is 1. The van der Waals surface area contributed by atoms with Crippen LogP contribution in [-0.4, -0.2) is 27.1 Å². The van der Waals surface area contributed by atoms with E-state index < -0.39 is 22.3 Å². The van der Waals surface area contributed by atoms with Gasteiger partial charge in [0.15, 0.2) is 0 Å². The highest BCUT2D eigenvalue weighted by Crippen LogP contribution is 2.37. The Morgan fingerprint density at radius 2 is 2.04 bits per heavy atom. The number of rotatable bonds is 5. The van der Waals surface area contributed by atoms with Crippen molar-refractivity contribution in [3.8, 4) is 5.75 Å². The molecule has 2 N–H and O–H groups in total. The fourth-order valence-electron chi connectivity index (χ4n) is 2.10. The lowest BCUT2D eigenvalue weighted by atomic mass is 9.79. The second-order valence-corrected chi connectivity index (χ2v) is 5.76. The highest BCUT2D eigenvalue weighted by Gasteiger charge is 2.37. The number of aliphatic carboxylic acids is 2. The molecule has 1 aliphatic rings. The number of carboxylic acid groups (broad SMARTS) is 2. The zero-order valence-electron chi connectivity index (χ0n) is 12.4. The van der Waals surface area contributed by atoms with E-state index in [1.807, 2.05) is 0 Å². The monoisotopic (exact) mass is 353 g/mol. The predicted octanol–water partition coefficient (Wildman–Crippen LogP) is 3.02. The standard InChI is InChI=1S/C15H12ClNO7/c1-15(14(20)21)5-4-11(9(7-15)13(18)19)24-12-3-2-8(17(22)23)6-10(12)16/h2-6H,7H2,1H3,(H,18,19)(H,20,21). The Kier molecular flexibility index (Phi) is 4.61. The molecule has 0 heterocycles. The SMILES string of the molecule is CC1(C(=O)O)C=CC(Oc2ccc([N+](=O)[O-])cc2Cl)=C(C(=O)O)C1. The predicted molar refractivity (Wildman–Crippen MR) is 82.9 cm³/mol. The van der Waals surface area contributed by atoms with Crippen molar-refractivity contribution in [2.75, 3.05) is 0 Å². The fourth-order valence-corrected chi connectivity index (χ4v) is 2.31. The summed E-state index contributed by atoms with van der Waals surface area (Å²) in [4.78, 5) is 32.7. The average Bonchev–Trinajstić information content (AvgIpc) is 2.50. The van der Waals surface area contributed by atoms with Gasteiger partial charge < -0.3 is 14.9 Å². The summed E-state index contributed by atoms with van der Waals surface area (Å²) in [7, 11) is 0. The number of nitrogens with zero attached hydrogens (tertiary/aromatic N) is 1. The van der Waals surface area contributed by atoms with Gasteiger partial charge in [-0.05, 0) is 19.1 Å². The molecule has 2 rings (SSSR count). The molecule has 1 unspecified atom stereocenters. The van der Waals surface area contributed by atoms with Crippen LogP contribution in [0.4, 0.5) is 5.69 Å². The van der Waals surface area contributed by atoms with Crippen molar-refractivity contribution >= 4 is 29.2 Å². The molecule has 0 saturated carbocycles. The summed E-state index contributed by atoms with van der Waals surface area (Å²) in [6.07, 6.45) is 2.31. The first-order chi connectivity index (χ1) is 11.1. The lowest BCUT2D eigenvalue weighted by Gasteiger charge is -2.26. The number of non-ortho nitro benzene ring substituents is 1. The average molecular weight is 354 g/mol. The first kappa shape index (κ1) is 17.5. The molecule has 0 aliphatic heterocycles. The van der Waals surface area contributed by atoms with Crippen LogP contribution in [0.3, 0.4) is 0 Å². The van der Waals surface area contributed by atoms with E-state index in [4.69, 9.17) is 16.3 Å². The second-order valence-electron chi connectivity index (χ2n) is 5.35. The van der Waals surface area contributed by atoms with E-state index in [1.54, 1.807) is 0 Å². The maximum absolute atomic E-state index is 11.4. The molecule has 24 heavy (non-hydrogen) atoms. The number of carbonyl (C=O) groups is 2. The summed E-state index contributed by atoms with van der Waals surface area (Å²) in [5.41, 5.74) is -1.82. The molecule has 0 saturated heterocycles. The number of carboxylic acids is 2. The van der Waals surface area contributed by atoms with Gasteiger partial charge in [-0.2, -0.15) is 0 Å². The first-order valence-electron chi connectivity index (χ1n) is 6.65. The second kappa shape index (κ2) is 6.32. The van der Waals surface area contributed by atoms with Gasteiger partial charge in [0.25, 0.3) is 5.69 Å². The van der Waals surface area contributed by atoms with E-state index in [0.29, 0.717) is 0 Å². The van der Waals surface area contributed by atoms with Gasteiger partial charge in [-0.15, -0.1) is 0 Å². The van der Waals surface area contributed by atoms with E-state index in [1.165, 1.54) is 25.1 Å². The summed E-state index contributed by atoms with van der Waals surface area (Å²) in [5.74, 6) is -2.53. The minimum Gasteiger partial charge on any atom is -0.481 e. The molecule has 8 nitrogen and oxygen atoms in total. The van der Waals surface area contributed by atoms with Crippen molar-refractivity contribution in [2.45, 2.75) is 13.3 Å². The molecular formula is C15H12ClNO7. The molecule has 1 atom stereocenters. The van der Waals surface area contributed by atoms with Crippen molar-refractivity contribution in [1.29, 1.82) is 0 Å². The van der Waals surface area contributed by atoms with Crippen LogP contribution in [0.15, 0.2) is 41.7 Å². The van der Waals surface area contributed by atoms with Gasteiger partial charge in [0.2, 0.25) is 0 Å². The molecule has 0 fully saturated rings. The molecule has 1 aliphatic carbocycles. The summed E-state index contributed by atoms with van der Waals surface area (Å²) in [6.45, 7) is 1.39. The molecule has 1 aromatic rings. The van der Waals surface area contributed by atoms with E-state index in [9.17, 15) is 29.9 Å². The number of nitro groups is 1. The third kappa shape index (κ3) is 3.38. The number of allylic oxidation sites excluding steroid dienone is 1. The van der Waals surface area contributed by atoms with Gasteiger partial charge >= 0.3 is 11.9 Å². The van der Waals surface area contributed by atoms with Gasteiger partial charge in [-0.25, -0.2) is 4.79 Å². The van der Waals surface area contributed by atoms with Crippen molar-refractivity contribution in [3.63, 3.8) is 0 Å². The van der Waals surface area contributed by atoms with Crippen molar-refractivity contribution in [3.05, 3.63) is 56.8 Å². The number of halogens is 1. The fraction of sp³-hybridized carbons (Fsp3) is 0.200. The molecule has 0 spiro atoms. The molecule has 0 radical (unpaired) electrons. The normalized spacial score (nSPS) is 19.9. The quantitative estimate of drug-likeness (QED) is 0.615. The molecular weight excluding hydrogens is 342 g/mol. The Morgan fingerprint density at radius 1 is 1.38 bits per heavy atom. The lowest BCUT2D eigenvalue weighted by Crippen LogP contribution is -2.30. The van der Waals surface area contributed by atoms with Crippen molar-refractivity contribution in [2.24, 2.45) is 5.41 Å². The van der Waals surface area contributed by atoms with Crippen LogP contribution < -0.4 is 4.74 Å². The zero-order valence-corrected chi connectivity index (χ0v) is 13.1. The molecule has 1 aromatic carbocycles. The number of benzene rings is 1. The minimum absolute atomic E-state index is 0.0274. The highest BCUT2D eigenvalue weighted by atomic mass is 35.5. The van der Waals surface area contributed by atoms with Crippen LogP contribution >= 0.6 is 11.6 Å². The van der Waals surface area contributed by atoms with E-state index in [0.717, 1.165) is 12.1 Å². The van der Waals surface area contributed by atoms with Crippen molar-refractivity contribution in [1.82, 2.24) is 0 Å². The van der Waals surface area contributed by atoms with E-state index >= 15 is 0 Å². The molecule has 126 valence electrons. The van der Waals surface area contributed by atoms with Crippen LogP contribution in [0, 0.1) is 15.5 Å². The number of hydrogen-bond donors (Lipinski definition) is 2. The van der Waals surface area contributed by atoms with Crippen LogP contribution in [0.5, 0.6) is 5.75 Å². The summed E-state index contributed by atoms with van der Waals surface area (Å²) >= 11 is 5.91. The smallest absolute Gasteiger partial charge is 0.335 e. The molecule has 9 heteroatoms. The molecule has 0 amide bonds. The zero-order chi connectivity index (χ0) is 18.1. The summed E-state index contributed by atoms with van der Waals surface area (Å²) in [6, 6.07) is 3.48. The van der Waals surface area contributed by atoms with Crippen LogP contribution in [0.1, 0.15) is 13.3 Å². The largest absolute Gasteiger partial charge is 0.481 e. The van der Waals surface area contributed by atoms with Gasteiger partial charge in [0, 0.05) is 18.6 Å².